The normalized spacial score (nSPS) is 11.5. The highest BCUT2D eigenvalue weighted by Crippen LogP contribution is 2.36. The second kappa shape index (κ2) is 11.8. The first-order chi connectivity index (χ1) is 17.8. The number of carbonyl (C=O) groups excluding carboxylic acids is 2. The summed E-state index contributed by atoms with van der Waals surface area (Å²) in [6, 6.07) is 9.95. The van der Waals surface area contributed by atoms with E-state index in [4.69, 9.17) is 16.0 Å². The topological polar surface area (TPSA) is 125 Å². The maximum absolute atomic E-state index is 13.0. The van der Waals surface area contributed by atoms with E-state index in [1.807, 2.05) is 0 Å². The van der Waals surface area contributed by atoms with E-state index in [-0.39, 0.29) is 22.1 Å². The lowest BCUT2D eigenvalue weighted by Gasteiger charge is -2.36. The molecule has 3 aromatic rings. The van der Waals surface area contributed by atoms with Crippen LogP contribution < -0.4 is 15.5 Å². The van der Waals surface area contributed by atoms with Crippen LogP contribution in [0.15, 0.2) is 48.8 Å². The van der Waals surface area contributed by atoms with Crippen molar-refractivity contribution in [3.63, 3.8) is 0 Å². The monoisotopic (exact) mass is 553 g/mol. The van der Waals surface area contributed by atoms with Gasteiger partial charge < -0.3 is 15.1 Å². The quantitative estimate of drug-likeness (QED) is 0.210. The van der Waals surface area contributed by atoms with Crippen LogP contribution in [0.3, 0.4) is 0 Å². The number of nitrogens with one attached hydrogen (secondary N) is 2. The predicted octanol–water partition coefficient (Wildman–Crippen LogP) is 5.28. The minimum Gasteiger partial charge on any atom is -0.415 e. The first-order valence-electron chi connectivity index (χ1n) is 12.0. The molecule has 0 bridgehead atoms. The Morgan fingerprint density at radius 3 is 2.39 bits per heavy atom. The minimum absolute atomic E-state index is 0.0913. The molecule has 0 aliphatic rings. The second-order valence-corrected chi connectivity index (χ2v) is 15.5. The van der Waals surface area contributed by atoms with Gasteiger partial charge in [0.2, 0.25) is 0 Å². The summed E-state index contributed by atoms with van der Waals surface area (Å²) in [6.45, 7) is 11.7. The minimum atomic E-state index is -1.91. The van der Waals surface area contributed by atoms with Gasteiger partial charge in [0.05, 0.1) is 23.9 Å². The molecule has 0 unspecified atom stereocenters. The van der Waals surface area contributed by atoms with E-state index in [0.717, 1.165) is 0 Å². The Morgan fingerprint density at radius 1 is 1.13 bits per heavy atom. The Labute approximate surface area is 228 Å². The first kappa shape index (κ1) is 28.8. The largest absolute Gasteiger partial charge is 0.415 e. The first-order valence-corrected chi connectivity index (χ1v) is 15.3. The van der Waals surface area contributed by atoms with Crippen LogP contribution in [0.1, 0.15) is 41.6 Å². The molecule has 12 heteroatoms. The van der Waals surface area contributed by atoms with Crippen LogP contribution in [0.5, 0.6) is 0 Å². The molecular formula is C26H32ClN7O3Si. The zero-order valence-corrected chi connectivity index (χ0v) is 24.1. The number of rotatable bonds is 9. The molecule has 38 heavy (non-hydrogen) atoms. The number of carbonyl (C=O) groups is 2. The lowest BCUT2D eigenvalue weighted by molar-refractivity contribution is 0.102. The van der Waals surface area contributed by atoms with Gasteiger partial charge in [-0.05, 0) is 54.5 Å². The van der Waals surface area contributed by atoms with E-state index < -0.39 is 20.1 Å². The third-order valence-corrected chi connectivity index (χ3v) is 11.2. The summed E-state index contributed by atoms with van der Waals surface area (Å²) in [7, 11) is -0.260. The molecule has 0 fully saturated rings. The number of nitriles is 1. The number of aryl methyl sites for hydroxylation is 1. The third-order valence-electron chi connectivity index (χ3n) is 6.41. The van der Waals surface area contributed by atoms with Gasteiger partial charge in [-0.3, -0.25) is 19.2 Å². The molecule has 2 heterocycles. The van der Waals surface area contributed by atoms with Gasteiger partial charge in [0.25, 0.3) is 11.8 Å². The molecule has 0 spiro atoms. The van der Waals surface area contributed by atoms with Gasteiger partial charge in [0.15, 0.2) is 20.3 Å². The highest BCUT2D eigenvalue weighted by molar-refractivity contribution is 6.74. The molecule has 0 aliphatic carbocycles. The number of hydrogen-bond donors (Lipinski definition) is 2. The molecular weight excluding hydrogens is 522 g/mol. The highest BCUT2D eigenvalue weighted by atomic mass is 35.5. The van der Waals surface area contributed by atoms with Gasteiger partial charge in [-0.25, -0.2) is 4.98 Å². The van der Waals surface area contributed by atoms with Crippen LogP contribution in [-0.2, 0) is 11.5 Å². The lowest BCUT2D eigenvalue weighted by atomic mass is 10.2. The van der Waals surface area contributed by atoms with E-state index >= 15 is 0 Å². The molecule has 0 aliphatic heterocycles. The maximum Gasteiger partial charge on any atom is 0.275 e. The number of pyridine rings is 1. The van der Waals surface area contributed by atoms with Crippen molar-refractivity contribution in [2.24, 2.45) is 7.05 Å². The van der Waals surface area contributed by atoms with Crippen LogP contribution in [0, 0.1) is 11.5 Å². The van der Waals surface area contributed by atoms with Gasteiger partial charge in [0, 0.05) is 25.1 Å². The number of amides is 2. The van der Waals surface area contributed by atoms with Gasteiger partial charge in [-0.15, -0.1) is 0 Å². The van der Waals surface area contributed by atoms with Crippen LogP contribution in [0.2, 0.25) is 23.2 Å². The number of halogens is 1. The van der Waals surface area contributed by atoms with Crippen molar-refractivity contribution in [1.29, 1.82) is 5.26 Å². The van der Waals surface area contributed by atoms with E-state index in [2.05, 4.69) is 60.8 Å². The molecule has 1 aromatic carbocycles. The van der Waals surface area contributed by atoms with Crippen molar-refractivity contribution in [3.05, 3.63) is 65.1 Å². The molecule has 2 N–H and O–H groups in total. The molecule has 2 aromatic heterocycles. The molecule has 10 nitrogen and oxygen atoms in total. The smallest absolute Gasteiger partial charge is 0.275 e. The number of benzene rings is 1. The fourth-order valence-corrected chi connectivity index (χ4v) is 4.34. The van der Waals surface area contributed by atoms with Gasteiger partial charge in [-0.2, -0.15) is 10.4 Å². The molecule has 3 rings (SSSR count). The van der Waals surface area contributed by atoms with Crippen molar-refractivity contribution >= 4 is 48.9 Å². The fraction of sp³-hybridized carbons (Fsp3) is 0.346. The summed E-state index contributed by atoms with van der Waals surface area (Å²) in [5, 5.41) is 19.7. The Hall–Kier alpha value is -3.72. The number of anilines is 3. The van der Waals surface area contributed by atoms with E-state index in [9.17, 15) is 14.9 Å². The third kappa shape index (κ3) is 7.19. The zero-order valence-electron chi connectivity index (χ0n) is 22.4. The van der Waals surface area contributed by atoms with E-state index in [0.29, 0.717) is 29.5 Å². The number of nitrogens with zero attached hydrogens (tertiary/aromatic N) is 5. The average Bonchev–Trinajstić information content (AvgIpc) is 3.22. The van der Waals surface area contributed by atoms with Crippen molar-refractivity contribution in [2.45, 2.75) is 38.9 Å². The van der Waals surface area contributed by atoms with Crippen molar-refractivity contribution < 1.29 is 14.0 Å². The predicted molar refractivity (Wildman–Crippen MR) is 151 cm³/mol. The molecule has 2 amide bonds. The number of hydrogen-bond acceptors (Lipinski definition) is 7. The van der Waals surface area contributed by atoms with Crippen molar-refractivity contribution in [1.82, 2.24) is 14.8 Å². The second-order valence-electron chi connectivity index (χ2n) is 10.2. The Morgan fingerprint density at radius 2 is 1.82 bits per heavy atom. The summed E-state index contributed by atoms with van der Waals surface area (Å²) < 4.78 is 7.62. The van der Waals surface area contributed by atoms with Crippen LogP contribution >= 0.6 is 11.6 Å². The van der Waals surface area contributed by atoms with E-state index in [1.165, 1.54) is 23.1 Å². The molecule has 0 saturated heterocycles. The van der Waals surface area contributed by atoms with Crippen molar-refractivity contribution in [2.75, 3.05) is 28.7 Å². The highest BCUT2D eigenvalue weighted by Gasteiger charge is 2.37. The zero-order chi connectivity index (χ0) is 28.1. The van der Waals surface area contributed by atoms with Gasteiger partial charge >= 0.3 is 0 Å². The summed E-state index contributed by atoms with van der Waals surface area (Å²) in [5.74, 6) is -0.876. The van der Waals surface area contributed by atoms with Crippen molar-refractivity contribution in [3.8, 4) is 6.19 Å². The number of aromatic nitrogens is 3. The lowest BCUT2D eigenvalue weighted by Crippen LogP contribution is -2.42. The van der Waals surface area contributed by atoms with Crippen LogP contribution in [-0.4, -0.2) is 48.0 Å². The van der Waals surface area contributed by atoms with Gasteiger partial charge in [0.1, 0.15) is 11.3 Å². The Kier molecular flexibility index (Phi) is 8.93. The average molecular weight is 554 g/mol. The molecule has 0 radical (unpaired) electrons. The Bertz CT molecular complexity index is 1330. The Balaban J connectivity index is 1.64. The van der Waals surface area contributed by atoms with Crippen LogP contribution in [0.25, 0.3) is 0 Å². The van der Waals surface area contributed by atoms with Gasteiger partial charge in [-0.1, -0.05) is 32.4 Å². The maximum atomic E-state index is 13.0. The molecule has 0 atom stereocenters. The molecule has 0 saturated carbocycles. The standard InChI is InChI=1S/C26H32ClN7O3Si/c1-26(2,3)38(5,6)37-14-13-34(17-28)20-10-8-19(9-11-20)30-24(35)21-16-33(4)32-23(21)31-25(36)22-12-7-18(27)15-29-22/h7-12,15-16H,13-14H2,1-6H3,(H,30,35)(H,31,32,36). The summed E-state index contributed by atoms with van der Waals surface area (Å²) >= 11 is 5.83. The van der Waals surface area contributed by atoms with Crippen LogP contribution in [0.4, 0.5) is 17.2 Å². The SMILES string of the molecule is Cn1cc(C(=O)Nc2ccc(N(C#N)CCO[Si](C)(C)C(C)(C)C)cc2)c(NC(=O)c2ccc(Cl)cn2)n1. The fourth-order valence-electron chi connectivity index (χ4n) is 3.20. The summed E-state index contributed by atoms with van der Waals surface area (Å²) in [6.07, 6.45) is 5.06. The molecule has 200 valence electrons. The van der Waals surface area contributed by atoms with E-state index in [1.54, 1.807) is 42.3 Å². The summed E-state index contributed by atoms with van der Waals surface area (Å²) in [5.41, 5.74) is 1.53. The summed E-state index contributed by atoms with van der Waals surface area (Å²) in [4.78, 5) is 31.1.